The number of hydrogen-bond acceptors (Lipinski definition) is 8. The lowest BCUT2D eigenvalue weighted by atomic mass is 9.87. The normalized spacial score (nSPS) is 28.8. The van der Waals surface area contributed by atoms with Gasteiger partial charge in [0.05, 0.1) is 17.5 Å². The lowest BCUT2D eigenvalue weighted by Gasteiger charge is -2.25. The van der Waals surface area contributed by atoms with Gasteiger partial charge in [0.1, 0.15) is 6.10 Å². The molecule has 10 nitrogen and oxygen atoms in total. The quantitative estimate of drug-likeness (QED) is 0.334. The lowest BCUT2D eigenvalue weighted by Crippen LogP contribution is -2.36. The molecule has 1 heterocycles. The molecular weight excluding hydrogens is 514 g/mol. The number of fused-ring (bicyclic) bond motifs is 2. The maximum absolute atomic E-state index is 13.5. The van der Waals surface area contributed by atoms with Crippen LogP contribution in [0.3, 0.4) is 0 Å². The van der Waals surface area contributed by atoms with Gasteiger partial charge >= 0.3 is 6.09 Å². The molecule has 2 rings (SSSR count). The number of nitrogens with two attached hydrogens (primary N) is 1. The summed E-state index contributed by atoms with van der Waals surface area (Å²) in [5, 5.41) is 5.59. The predicted octanol–water partition coefficient (Wildman–Crippen LogP) is 3.32. The molecule has 40 heavy (non-hydrogen) atoms. The average molecular weight is 556 g/mol. The van der Waals surface area contributed by atoms with E-state index < -0.39 is 35.8 Å². The topological polar surface area (TPSA) is 146 Å². The molecule has 0 fully saturated rings. The number of amides is 2. The van der Waals surface area contributed by atoms with Crippen molar-refractivity contribution in [3.8, 4) is 0 Å². The van der Waals surface area contributed by atoms with Crippen molar-refractivity contribution < 1.29 is 33.4 Å². The van der Waals surface area contributed by atoms with E-state index in [1.165, 1.54) is 13.2 Å². The summed E-state index contributed by atoms with van der Waals surface area (Å²) in [6.45, 7) is 9.37. The Morgan fingerprint density at radius 1 is 1.23 bits per heavy atom. The van der Waals surface area contributed by atoms with Gasteiger partial charge in [-0.05, 0) is 51.0 Å². The van der Waals surface area contributed by atoms with Crippen LogP contribution in [0.15, 0.2) is 71.1 Å². The summed E-state index contributed by atoms with van der Waals surface area (Å²) in [6.07, 6.45) is 9.19. The van der Waals surface area contributed by atoms with Gasteiger partial charge in [0.25, 0.3) is 5.91 Å². The Kier molecular flexibility index (Phi) is 12.8. The third-order valence-electron chi connectivity index (χ3n) is 6.79. The zero-order valence-electron chi connectivity index (χ0n) is 24.0. The molecule has 0 aromatic rings. The maximum Gasteiger partial charge on any atom is 0.405 e. The predicted molar refractivity (Wildman–Crippen MR) is 152 cm³/mol. The van der Waals surface area contributed by atoms with Crippen LogP contribution in [0.1, 0.15) is 46.5 Å². The third-order valence-corrected chi connectivity index (χ3v) is 6.79. The van der Waals surface area contributed by atoms with Gasteiger partial charge in [-0.25, -0.2) is 4.79 Å². The van der Waals surface area contributed by atoms with Crippen LogP contribution in [0.5, 0.6) is 0 Å². The van der Waals surface area contributed by atoms with E-state index in [0.717, 1.165) is 11.6 Å². The molecule has 0 unspecified atom stereocenters. The van der Waals surface area contributed by atoms with E-state index in [4.69, 9.17) is 19.9 Å². The van der Waals surface area contributed by atoms with Gasteiger partial charge in [-0.1, -0.05) is 37.3 Å². The smallest absolute Gasteiger partial charge is 0.405 e. The summed E-state index contributed by atoms with van der Waals surface area (Å²) in [5.74, 6) is -1.36. The molecule has 4 N–H and O–H groups in total. The van der Waals surface area contributed by atoms with E-state index in [0.29, 0.717) is 37.8 Å². The summed E-state index contributed by atoms with van der Waals surface area (Å²) >= 11 is 0. The van der Waals surface area contributed by atoms with E-state index >= 15 is 0 Å². The van der Waals surface area contributed by atoms with E-state index in [-0.39, 0.29) is 29.0 Å². The van der Waals surface area contributed by atoms with Crippen molar-refractivity contribution in [2.75, 3.05) is 20.8 Å². The SMILES string of the molecule is C=CCNC1=C2C[C@@H](C)C[C@H](OC)CC/C=C(\C)[C@H](OC(N)=O)[C@@H](OC)/C=C\C=C(/C)C(=O)NC(=CC1=O)C2=O. The van der Waals surface area contributed by atoms with Crippen LogP contribution >= 0.6 is 0 Å². The molecular formula is C30H41N3O7. The highest BCUT2D eigenvalue weighted by Crippen LogP contribution is 2.27. The van der Waals surface area contributed by atoms with Crippen LogP contribution in [-0.4, -0.2) is 62.6 Å². The van der Waals surface area contributed by atoms with Crippen molar-refractivity contribution in [3.63, 3.8) is 0 Å². The largest absolute Gasteiger partial charge is 0.439 e. The van der Waals surface area contributed by atoms with E-state index in [9.17, 15) is 19.2 Å². The third kappa shape index (κ3) is 9.17. The number of carbonyl (C=O) groups is 4. The van der Waals surface area contributed by atoms with Crippen molar-refractivity contribution in [1.82, 2.24) is 10.6 Å². The number of ketones is 2. The minimum Gasteiger partial charge on any atom is -0.439 e. The summed E-state index contributed by atoms with van der Waals surface area (Å²) in [7, 11) is 3.10. The van der Waals surface area contributed by atoms with E-state index in [1.807, 2.05) is 19.9 Å². The molecule has 0 spiro atoms. The highest BCUT2D eigenvalue weighted by Gasteiger charge is 2.31. The van der Waals surface area contributed by atoms with Crippen LogP contribution in [0, 0.1) is 5.92 Å². The molecule has 4 atom stereocenters. The van der Waals surface area contributed by atoms with Gasteiger partial charge in [0, 0.05) is 38.0 Å². The number of carbonyl (C=O) groups excluding carboxylic acids is 4. The molecule has 2 bridgehead atoms. The molecule has 218 valence electrons. The van der Waals surface area contributed by atoms with E-state index in [2.05, 4.69) is 17.2 Å². The molecule has 2 aliphatic rings. The van der Waals surface area contributed by atoms with Gasteiger partial charge in [-0.15, -0.1) is 6.58 Å². The van der Waals surface area contributed by atoms with Crippen molar-refractivity contribution in [2.24, 2.45) is 11.7 Å². The van der Waals surface area contributed by atoms with Crippen LogP contribution < -0.4 is 16.4 Å². The first-order valence-corrected chi connectivity index (χ1v) is 13.3. The Morgan fingerprint density at radius 2 is 1.95 bits per heavy atom. The summed E-state index contributed by atoms with van der Waals surface area (Å²) in [4.78, 5) is 51.0. The fraction of sp³-hybridized carbons (Fsp3) is 0.467. The zero-order chi connectivity index (χ0) is 29.8. The van der Waals surface area contributed by atoms with Gasteiger partial charge < -0.3 is 30.6 Å². The Bertz CT molecular complexity index is 1150. The van der Waals surface area contributed by atoms with Crippen molar-refractivity contribution in [2.45, 2.75) is 64.8 Å². The highest BCUT2D eigenvalue weighted by molar-refractivity contribution is 6.23. The van der Waals surface area contributed by atoms with Crippen LogP contribution in [-0.2, 0) is 28.6 Å². The number of methoxy groups -OCH3 is 2. The first-order chi connectivity index (χ1) is 19.0. The fourth-order valence-electron chi connectivity index (χ4n) is 4.63. The van der Waals surface area contributed by atoms with Gasteiger partial charge in [-0.3, -0.25) is 14.4 Å². The van der Waals surface area contributed by atoms with Crippen molar-refractivity contribution >= 4 is 23.6 Å². The number of primary amides is 1. The summed E-state index contributed by atoms with van der Waals surface area (Å²) in [5.41, 5.74) is 6.81. The Labute approximate surface area is 236 Å². The van der Waals surface area contributed by atoms with Gasteiger partial charge in [0.2, 0.25) is 11.6 Å². The number of hydrogen-bond donors (Lipinski definition) is 3. The maximum atomic E-state index is 13.5. The second-order valence-electron chi connectivity index (χ2n) is 9.95. The van der Waals surface area contributed by atoms with Crippen LogP contribution in [0.25, 0.3) is 0 Å². The summed E-state index contributed by atoms with van der Waals surface area (Å²) < 4.78 is 16.6. The second-order valence-corrected chi connectivity index (χ2v) is 9.95. The Hall–Kier alpha value is -3.76. The summed E-state index contributed by atoms with van der Waals surface area (Å²) in [6, 6.07) is 0. The second kappa shape index (κ2) is 15.7. The highest BCUT2D eigenvalue weighted by atomic mass is 16.6. The van der Waals surface area contributed by atoms with Crippen LogP contribution in [0.2, 0.25) is 0 Å². The molecule has 1 aliphatic heterocycles. The van der Waals surface area contributed by atoms with E-state index in [1.54, 1.807) is 32.3 Å². The minimum atomic E-state index is -0.934. The first-order valence-electron chi connectivity index (χ1n) is 13.3. The van der Waals surface area contributed by atoms with Crippen molar-refractivity contribution in [3.05, 3.63) is 71.1 Å². The standard InChI is InChI=1S/C30H41N3O7/c1-7-14-32-26-22-16-18(2)15-21(38-5)12-8-10-19(3)28(40-30(31)37)25(39-6)13-9-11-20(4)29(36)33-23(27(22)35)17-24(26)34/h7,9-11,13,17-18,21,25,28,32H,1,8,12,14-16H2,2-6H3,(H2,31,37)(H,33,36)/b13-9-,19-10+,20-11+/t18-,21+,25-,28-/m0/s1. The van der Waals surface area contributed by atoms with Gasteiger partial charge in [-0.2, -0.15) is 0 Å². The fourth-order valence-corrected chi connectivity index (χ4v) is 4.63. The Balaban J connectivity index is 2.51. The number of allylic oxidation sites excluding steroid dienone is 5. The number of Topliss-reactive ketones (excluding diaryl/α,β-unsaturated/α-hetero) is 1. The van der Waals surface area contributed by atoms with Crippen molar-refractivity contribution in [1.29, 1.82) is 0 Å². The molecule has 0 saturated carbocycles. The molecule has 10 heteroatoms. The molecule has 0 saturated heterocycles. The first kappa shape index (κ1) is 32.5. The number of rotatable bonds is 6. The molecule has 2 amide bonds. The van der Waals surface area contributed by atoms with Crippen LogP contribution in [0.4, 0.5) is 4.79 Å². The lowest BCUT2D eigenvalue weighted by molar-refractivity contribution is -0.120. The molecule has 0 aromatic heterocycles. The molecule has 0 radical (unpaired) electrons. The Morgan fingerprint density at radius 3 is 2.58 bits per heavy atom. The van der Waals surface area contributed by atoms with Gasteiger partial charge in [0.15, 0.2) is 6.10 Å². The number of ether oxygens (including phenoxy) is 3. The molecule has 0 aromatic carbocycles. The molecule has 1 aliphatic carbocycles. The number of nitrogens with one attached hydrogen (secondary N) is 2. The average Bonchev–Trinajstić information content (AvgIpc) is 2.90. The minimum absolute atomic E-state index is 0.0194. The zero-order valence-corrected chi connectivity index (χ0v) is 24.0. The monoisotopic (exact) mass is 555 g/mol.